The Hall–Kier alpha value is -1.75. The number of hydrogen-bond acceptors (Lipinski definition) is 3. The summed E-state index contributed by atoms with van der Waals surface area (Å²) in [7, 11) is 0. The molecule has 0 radical (unpaired) electrons. The van der Waals surface area contributed by atoms with Gasteiger partial charge in [-0.05, 0) is 56.9 Å². The highest BCUT2D eigenvalue weighted by Gasteiger charge is 2.31. The molecule has 0 aliphatic carbocycles. The molecule has 0 spiro atoms. The molecular formula is C17H19NO3S. The van der Waals surface area contributed by atoms with Crippen LogP contribution in [0.5, 0.6) is 0 Å². The first kappa shape index (κ1) is 15.2. The van der Waals surface area contributed by atoms with Gasteiger partial charge >= 0.3 is 5.97 Å². The van der Waals surface area contributed by atoms with Crippen molar-refractivity contribution < 1.29 is 9.90 Å². The van der Waals surface area contributed by atoms with Crippen LogP contribution in [0.4, 0.5) is 0 Å². The van der Waals surface area contributed by atoms with E-state index in [9.17, 15) is 14.7 Å². The van der Waals surface area contributed by atoms with E-state index in [1.165, 1.54) is 17.3 Å². The highest BCUT2D eigenvalue weighted by molar-refractivity contribution is 7.99. The van der Waals surface area contributed by atoms with Crippen LogP contribution in [0, 0.1) is 27.7 Å². The van der Waals surface area contributed by atoms with Crippen LogP contribution in [0.15, 0.2) is 9.82 Å². The van der Waals surface area contributed by atoms with Crippen molar-refractivity contribution in [3.63, 3.8) is 0 Å². The van der Waals surface area contributed by atoms with Crippen LogP contribution >= 0.6 is 11.8 Å². The predicted octanol–water partition coefficient (Wildman–Crippen LogP) is 3.60. The summed E-state index contributed by atoms with van der Waals surface area (Å²) in [6.07, 6.45) is 0. The summed E-state index contributed by atoms with van der Waals surface area (Å²) in [6, 6.07) is 0.182. The Morgan fingerprint density at radius 1 is 1.14 bits per heavy atom. The maximum atomic E-state index is 12.9. The Kier molecular flexibility index (Phi) is 3.36. The molecule has 1 aromatic heterocycles. The molecule has 1 aliphatic heterocycles. The summed E-state index contributed by atoms with van der Waals surface area (Å²) in [5, 5.41) is 10.7. The Labute approximate surface area is 133 Å². The van der Waals surface area contributed by atoms with Gasteiger partial charge in [-0.1, -0.05) is 0 Å². The number of thioether (sulfide) groups is 1. The molecular weight excluding hydrogens is 298 g/mol. The molecule has 1 aliphatic rings. The minimum absolute atomic E-state index is 0.0763. The Balaban J connectivity index is 2.70. The van der Waals surface area contributed by atoms with E-state index in [2.05, 4.69) is 18.4 Å². The highest BCUT2D eigenvalue weighted by Crippen LogP contribution is 2.40. The number of rotatable bonds is 1. The summed E-state index contributed by atoms with van der Waals surface area (Å²) in [5.41, 5.74) is 4.69. The second-order valence-corrected chi connectivity index (χ2v) is 7.08. The molecule has 1 atom stereocenters. The summed E-state index contributed by atoms with van der Waals surface area (Å²) < 4.78 is 2.06. The molecule has 0 amide bonds. The maximum absolute atomic E-state index is 12.9. The number of carbonyl (C=O) groups is 1. The fourth-order valence-corrected chi connectivity index (χ4v) is 4.62. The van der Waals surface area contributed by atoms with E-state index in [1.54, 1.807) is 0 Å². The lowest BCUT2D eigenvalue weighted by molar-refractivity contribution is 0.0690. The second kappa shape index (κ2) is 4.88. The minimum Gasteiger partial charge on any atom is -0.477 e. The number of carboxylic acid groups (broad SMARTS) is 1. The maximum Gasteiger partial charge on any atom is 0.342 e. The molecule has 1 unspecified atom stereocenters. The van der Waals surface area contributed by atoms with Crippen molar-refractivity contribution in [3.05, 3.63) is 38.0 Å². The number of nitrogens with zero attached hydrogens (tertiary/aromatic N) is 1. The highest BCUT2D eigenvalue weighted by atomic mass is 32.2. The lowest BCUT2D eigenvalue weighted by Crippen LogP contribution is -2.23. The zero-order chi connectivity index (χ0) is 16.3. The average molecular weight is 317 g/mol. The van der Waals surface area contributed by atoms with E-state index in [1.807, 2.05) is 20.8 Å². The van der Waals surface area contributed by atoms with Crippen molar-refractivity contribution in [1.29, 1.82) is 0 Å². The second-order valence-electron chi connectivity index (χ2n) is 6.07. The van der Waals surface area contributed by atoms with Gasteiger partial charge in [0, 0.05) is 11.8 Å². The van der Waals surface area contributed by atoms with Gasteiger partial charge in [-0.25, -0.2) is 4.79 Å². The molecule has 2 aromatic rings. The van der Waals surface area contributed by atoms with Crippen molar-refractivity contribution >= 4 is 28.6 Å². The molecule has 4 nitrogen and oxygen atoms in total. The topological polar surface area (TPSA) is 59.3 Å². The summed E-state index contributed by atoms with van der Waals surface area (Å²) >= 11 is 1.47. The first-order valence-electron chi connectivity index (χ1n) is 7.32. The zero-order valence-corrected chi connectivity index (χ0v) is 14.2. The van der Waals surface area contributed by atoms with Crippen molar-refractivity contribution in [2.24, 2.45) is 0 Å². The summed E-state index contributed by atoms with van der Waals surface area (Å²) in [4.78, 5) is 24.5. The number of carboxylic acids is 1. The van der Waals surface area contributed by atoms with Gasteiger partial charge < -0.3 is 9.67 Å². The van der Waals surface area contributed by atoms with E-state index < -0.39 is 5.97 Å². The molecule has 0 fully saturated rings. The standard InChI is InChI=1S/C17H19NO3S/c1-7-6-22-16-13(17(20)21)15(19)12-10(4)8(2)9(3)11(5)14(12)18(7)16/h7H,6H2,1-5H3,(H,20,21). The van der Waals surface area contributed by atoms with E-state index in [4.69, 9.17) is 0 Å². The van der Waals surface area contributed by atoms with Crippen molar-refractivity contribution in [2.45, 2.75) is 45.7 Å². The van der Waals surface area contributed by atoms with Gasteiger partial charge in [0.15, 0.2) is 0 Å². The number of aryl methyl sites for hydroxylation is 2. The van der Waals surface area contributed by atoms with Gasteiger partial charge in [0.05, 0.1) is 15.9 Å². The van der Waals surface area contributed by atoms with Crippen LogP contribution in [-0.4, -0.2) is 21.4 Å². The predicted molar refractivity (Wildman–Crippen MR) is 89.6 cm³/mol. The third-order valence-corrected chi connectivity index (χ3v) is 6.22. The van der Waals surface area contributed by atoms with Gasteiger partial charge in [0.1, 0.15) is 5.56 Å². The van der Waals surface area contributed by atoms with Gasteiger partial charge in [-0.15, -0.1) is 11.8 Å². The quantitative estimate of drug-likeness (QED) is 0.873. The van der Waals surface area contributed by atoms with Crippen LogP contribution in [0.1, 0.15) is 45.6 Å². The third-order valence-electron chi connectivity index (χ3n) is 4.90. The molecule has 0 saturated heterocycles. The number of fused-ring (bicyclic) bond motifs is 3. The number of hydrogen-bond donors (Lipinski definition) is 1. The molecule has 116 valence electrons. The van der Waals surface area contributed by atoms with Crippen molar-refractivity contribution in [1.82, 2.24) is 4.57 Å². The van der Waals surface area contributed by atoms with Crippen LogP contribution in [0.3, 0.4) is 0 Å². The SMILES string of the molecule is Cc1c(C)c(C)c2c(c1C)c(=O)c(C(=O)O)c1n2C(C)CS1. The fourth-order valence-electron chi connectivity index (χ4n) is 3.34. The number of aromatic carboxylic acids is 1. The van der Waals surface area contributed by atoms with Gasteiger partial charge in [-0.3, -0.25) is 4.79 Å². The van der Waals surface area contributed by atoms with Gasteiger partial charge in [-0.2, -0.15) is 0 Å². The molecule has 5 heteroatoms. The van der Waals surface area contributed by atoms with Crippen LogP contribution in [0.2, 0.25) is 0 Å². The van der Waals surface area contributed by atoms with Crippen LogP contribution < -0.4 is 5.43 Å². The number of benzene rings is 1. The Morgan fingerprint density at radius 2 is 1.73 bits per heavy atom. The monoisotopic (exact) mass is 317 g/mol. The van der Waals surface area contributed by atoms with E-state index in [0.717, 1.165) is 28.0 Å². The smallest absolute Gasteiger partial charge is 0.342 e. The van der Waals surface area contributed by atoms with Crippen LogP contribution in [0.25, 0.3) is 10.9 Å². The normalized spacial score (nSPS) is 17.0. The van der Waals surface area contributed by atoms with Gasteiger partial charge in [0.25, 0.3) is 0 Å². The molecule has 1 N–H and O–H groups in total. The fraction of sp³-hybridized carbons (Fsp3) is 0.412. The lowest BCUT2D eigenvalue weighted by atomic mass is 9.93. The minimum atomic E-state index is -1.13. The summed E-state index contributed by atoms with van der Waals surface area (Å²) in [6.45, 7) is 10.1. The number of pyridine rings is 1. The van der Waals surface area contributed by atoms with Gasteiger partial charge in [0.2, 0.25) is 5.43 Å². The van der Waals surface area contributed by atoms with Crippen molar-refractivity contribution in [3.8, 4) is 0 Å². The third kappa shape index (κ3) is 1.78. The molecule has 22 heavy (non-hydrogen) atoms. The Bertz CT molecular complexity index is 896. The molecule has 0 saturated carbocycles. The summed E-state index contributed by atoms with van der Waals surface area (Å²) in [5.74, 6) is -0.336. The molecule has 0 bridgehead atoms. The first-order valence-corrected chi connectivity index (χ1v) is 8.30. The molecule has 3 rings (SSSR count). The number of aromatic nitrogens is 1. The Morgan fingerprint density at radius 3 is 2.32 bits per heavy atom. The first-order chi connectivity index (χ1) is 10.3. The zero-order valence-electron chi connectivity index (χ0n) is 13.4. The van der Waals surface area contributed by atoms with E-state index in [-0.39, 0.29) is 17.0 Å². The largest absolute Gasteiger partial charge is 0.477 e. The molecule has 1 aromatic carbocycles. The van der Waals surface area contributed by atoms with Crippen LogP contribution in [-0.2, 0) is 0 Å². The average Bonchev–Trinajstić information content (AvgIpc) is 2.82. The van der Waals surface area contributed by atoms with Crippen molar-refractivity contribution in [2.75, 3.05) is 5.75 Å². The van der Waals surface area contributed by atoms with E-state index in [0.29, 0.717) is 10.4 Å². The van der Waals surface area contributed by atoms with E-state index >= 15 is 0 Å². The molecule has 2 heterocycles. The lowest BCUT2D eigenvalue weighted by Gasteiger charge is -2.21.